The minimum Gasteiger partial charge on any atom is -0.477 e. The maximum atomic E-state index is 12.3. The van der Waals surface area contributed by atoms with Crippen molar-refractivity contribution >= 4 is 16.9 Å². The van der Waals surface area contributed by atoms with Gasteiger partial charge in [-0.1, -0.05) is 73.7 Å². The second kappa shape index (κ2) is 7.65. The second-order valence-corrected chi connectivity index (χ2v) is 7.54. The smallest absolute Gasteiger partial charge is 0.352 e. The van der Waals surface area contributed by atoms with E-state index in [4.69, 9.17) is 0 Å². The Labute approximate surface area is 180 Å². The van der Waals surface area contributed by atoms with Crippen LogP contribution in [0.15, 0.2) is 85.1 Å². The minimum atomic E-state index is -0.958. The molecule has 2 heterocycles. The predicted octanol–water partition coefficient (Wildman–Crippen LogP) is 6.76. The molecular weight excluding hydrogens is 384 g/mol. The molecule has 2 aromatic heterocycles. The maximum absolute atomic E-state index is 12.3. The Bertz CT molecular complexity index is 1390. The number of H-pyrrole nitrogens is 2. The average molecular weight is 406 g/mol. The first-order chi connectivity index (χ1) is 15.2. The highest BCUT2D eigenvalue weighted by Gasteiger charge is 2.25. The molecule has 0 aliphatic rings. The first kappa shape index (κ1) is 18.9. The Morgan fingerprint density at radius 1 is 0.839 bits per heavy atom. The molecule has 0 atom stereocenters. The summed E-state index contributed by atoms with van der Waals surface area (Å²) in [4.78, 5) is 18.8. The number of rotatable bonds is 5. The second-order valence-electron chi connectivity index (χ2n) is 7.54. The van der Waals surface area contributed by atoms with E-state index >= 15 is 0 Å². The van der Waals surface area contributed by atoms with Gasteiger partial charge in [0.15, 0.2) is 0 Å². The third kappa shape index (κ3) is 3.13. The van der Waals surface area contributed by atoms with E-state index in [0.29, 0.717) is 6.42 Å². The number of carboxylic acids is 1. The van der Waals surface area contributed by atoms with Crippen molar-refractivity contribution in [2.24, 2.45) is 0 Å². The van der Waals surface area contributed by atoms with E-state index in [1.807, 2.05) is 66.9 Å². The van der Waals surface area contributed by atoms with Crippen molar-refractivity contribution in [3.05, 3.63) is 96.3 Å². The van der Waals surface area contributed by atoms with Crippen molar-refractivity contribution in [2.45, 2.75) is 13.3 Å². The van der Waals surface area contributed by atoms with E-state index in [1.54, 1.807) is 0 Å². The molecule has 0 fully saturated rings. The van der Waals surface area contributed by atoms with Crippen molar-refractivity contribution < 1.29 is 9.90 Å². The van der Waals surface area contributed by atoms with Gasteiger partial charge in [0.25, 0.3) is 0 Å². The quantitative estimate of drug-likeness (QED) is 0.302. The Morgan fingerprint density at radius 2 is 1.55 bits per heavy atom. The highest BCUT2D eigenvalue weighted by atomic mass is 16.4. The van der Waals surface area contributed by atoms with Gasteiger partial charge in [0, 0.05) is 28.2 Å². The molecule has 4 heteroatoms. The largest absolute Gasteiger partial charge is 0.477 e. The van der Waals surface area contributed by atoms with Crippen LogP contribution in [0.25, 0.3) is 44.4 Å². The van der Waals surface area contributed by atoms with Crippen molar-refractivity contribution in [3.8, 4) is 33.5 Å². The predicted molar refractivity (Wildman–Crippen MR) is 125 cm³/mol. The molecule has 4 nitrogen and oxygen atoms in total. The average Bonchev–Trinajstić information content (AvgIpc) is 3.44. The van der Waals surface area contributed by atoms with Crippen LogP contribution in [-0.2, 0) is 6.42 Å². The summed E-state index contributed by atoms with van der Waals surface area (Å²) in [7, 11) is 0. The lowest BCUT2D eigenvalue weighted by molar-refractivity contribution is 0.0692. The minimum absolute atomic E-state index is 0.225. The maximum Gasteiger partial charge on any atom is 0.352 e. The van der Waals surface area contributed by atoms with Crippen LogP contribution in [-0.4, -0.2) is 21.0 Å². The Kier molecular flexibility index (Phi) is 4.68. The highest BCUT2D eigenvalue weighted by molar-refractivity contribution is 6.03. The molecule has 0 aliphatic heterocycles. The van der Waals surface area contributed by atoms with E-state index in [-0.39, 0.29) is 5.69 Å². The SMILES string of the molecule is CCc1c(-c2cccc3[nH]ccc23)[nH]c(C(=O)O)c1-c1ccccc1-c1ccccc1. The lowest BCUT2D eigenvalue weighted by Gasteiger charge is -2.12. The molecule has 5 rings (SSSR count). The van der Waals surface area contributed by atoms with Crippen molar-refractivity contribution in [1.82, 2.24) is 9.97 Å². The molecule has 0 aliphatic carbocycles. The van der Waals surface area contributed by atoms with E-state index < -0.39 is 5.97 Å². The Morgan fingerprint density at radius 3 is 2.29 bits per heavy atom. The van der Waals surface area contributed by atoms with Gasteiger partial charge in [-0.25, -0.2) is 4.79 Å². The van der Waals surface area contributed by atoms with Crippen molar-refractivity contribution in [3.63, 3.8) is 0 Å². The van der Waals surface area contributed by atoms with Crippen LogP contribution in [0.4, 0.5) is 0 Å². The molecule has 0 radical (unpaired) electrons. The molecule has 152 valence electrons. The molecule has 31 heavy (non-hydrogen) atoms. The van der Waals surface area contributed by atoms with E-state index in [1.165, 1.54) is 0 Å². The zero-order valence-corrected chi connectivity index (χ0v) is 17.1. The van der Waals surface area contributed by atoms with Gasteiger partial charge in [-0.05, 0) is 40.8 Å². The number of aromatic nitrogens is 2. The summed E-state index contributed by atoms with van der Waals surface area (Å²) >= 11 is 0. The lowest BCUT2D eigenvalue weighted by Crippen LogP contribution is -2.00. The van der Waals surface area contributed by atoms with Crippen LogP contribution in [0, 0.1) is 0 Å². The Hall–Kier alpha value is -4.05. The summed E-state index contributed by atoms with van der Waals surface area (Å²) in [6.07, 6.45) is 2.62. The summed E-state index contributed by atoms with van der Waals surface area (Å²) in [5.41, 5.74) is 7.89. The number of benzene rings is 3. The van der Waals surface area contributed by atoms with Crippen LogP contribution in [0.3, 0.4) is 0 Å². The van der Waals surface area contributed by atoms with Gasteiger partial charge < -0.3 is 15.1 Å². The number of nitrogens with one attached hydrogen (secondary N) is 2. The van der Waals surface area contributed by atoms with Crippen molar-refractivity contribution in [2.75, 3.05) is 0 Å². The molecule has 0 amide bonds. The zero-order valence-electron chi connectivity index (χ0n) is 17.1. The number of hydrogen-bond acceptors (Lipinski definition) is 1. The van der Waals surface area contributed by atoms with Gasteiger partial charge in [-0.2, -0.15) is 0 Å². The van der Waals surface area contributed by atoms with Gasteiger partial charge in [-0.3, -0.25) is 0 Å². The molecule has 0 unspecified atom stereocenters. The first-order valence-corrected chi connectivity index (χ1v) is 10.4. The molecular formula is C27H22N2O2. The number of carbonyl (C=O) groups is 1. The summed E-state index contributed by atoms with van der Waals surface area (Å²) < 4.78 is 0. The van der Waals surface area contributed by atoms with Gasteiger partial charge in [0.05, 0.1) is 5.69 Å². The fraction of sp³-hybridized carbons (Fsp3) is 0.0741. The number of hydrogen-bond donors (Lipinski definition) is 3. The molecule has 0 spiro atoms. The fourth-order valence-corrected chi connectivity index (χ4v) is 4.45. The summed E-state index contributed by atoms with van der Waals surface area (Å²) in [6, 6.07) is 26.2. The summed E-state index contributed by atoms with van der Waals surface area (Å²) in [5, 5.41) is 11.2. The van der Waals surface area contributed by atoms with Crippen LogP contribution in [0.2, 0.25) is 0 Å². The number of fused-ring (bicyclic) bond motifs is 1. The third-order valence-electron chi connectivity index (χ3n) is 5.82. The third-order valence-corrected chi connectivity index (χ3v) is 5.82. The van der Waals surface area contributed by atoms with Crippen LogP contribution >= 0.6 is 0 Å². The van der Waals surface area contributed by atoms with Gasteiger partial charge in [0.1, 0.15) is 5.69 Å². The zero-order chi connectivity index (χ0) is 21.4. The monoisotopic (exact) mass is 406 g/mol. The first-order valence-electron chi connectivity index (χ1n) is 10.4. The summed E-state index contributed by atoms with van der Waals surface area (Å²) in [6.45, 7) is 2.07. The van der Waals surface area contributed by atoms with Crippen LogP contribution in [0.5, 0.6) is 0 Å². The Balaban J connectivity index is 1.82. The number of carboxylic acid groups (broad SMARTS) is 1. The normalized spacial score (nSPS) is 11.1. The number of aromatic amines is 2. The van der Waals surface area contributed by atoms with E-state index in [9.17, 15) is 9.90 Å². The summed E-state index contributed by atoms with van der Waals surface area (Å²) in [5.74, 6) is -0.958. The lowest BCUT2D eigenvalue weighted by atomic mass is 9.90. The van der Waals surface area contributed by atoms with Gasteiger partial charge in [0.2, 0.25) is 0 Å². The van der Waals surface area contributed by atoms with Crippen LogP contribution in [0.1, 0.15) is 23.0 Å². The van der Waals surface area contributed by atoms with Crippen LogP contribution < -0.4 is 0 Å². The van der Waals surface area contributed by atoms with E-state index in [0.717, 1.165) is 50.0 Å². The molecule has 3 aromatic carbocycles. The highest BCUT2D eigenvalue weighted by Crippen LogP contribution is 2.41. The van der Waals surface area contributed by atoms with Crippen molar-refractivity contribution in [1.29, 1.82) is 0 Å². The fourth-order valence-electron chi connectivity index (χ4n) is 4.45. The molecule has 5 aromatic rings. The molecule has 0 saturated heterocycles. The topological polar surface area (TPSA) is 68.9 Å². The van der Waals surface area contributed by atoms with E-state index in [2.05, 4.69) is 35.1 Å². The van der Waals surface area contributed by atoms with Gasteiger partial charge in [-0.15, -0.1) is 0 Å². The standard InChI is InChI=1S/C27H22N2O2/c1-2-18-24(21-12-7-6-11-19(21)17-9-4-3-5-10-17)26(27(30)31)29-25(18)22-13-8-14-23-20(22)15-16-28-23/h3-16,28-29H,2H2,1H3,(H,30,31). The molecule has 3 N–H and O–H groups in total. The number of aromatic carboxylic acids is 1. The molecule has 0 saturated carbocycles. The molecule has 0 bridgehead atoms. The van der Waals surface area contributed by atoms with Gasteiger partial charge >= 0.3 is 5.97 Å².